The van der Waals surface area contributed by atoms with E-state index in [1.54, 1.807) is 42.5 Å². The molecule has 1 aliphatic rings. The van der Waals surface area contributed by atoms with Crippen LogP contribution >= 0.6 is 0 Å². The largest absolute Gasteiger partial charge is 0.336 e. The molecule has 0 aliphatic carbocycles. The average molecular weight is 388 g/mol. The lowest BCUT2D eigenvalue weighted by Gasteiger charge is -2.32. The number of carbonyl (C=O) groups is 1. The van der Waals surface area contributed by atoms with E-state index in [1.807, 2.05) is 25.8 Å². The van der Waals surface area contributed by atoms with Crippen LogP contribution in [0.4, 0.5) is 5.69 Å². The second kappa shape index (κ2) is 7.70. The highest BCUT2D eigenvalue weighted by atomic mass is 32.2. The van der Waals surface area contributed by atoms with E-state index in [9.17, 15) is 13.2 Å². The number of sulfonamides is 1. The zero-order valence-electron chi connectivity index (χ0n) is 15.9. The molecule has 0 spiro atoms. The molecule has 0 unspecified atom stereocenters. The predicted molar refractivity (Wildman–Crippen MR) is 107 cm³/mol. The number of aryl methyl sites for hydroxylation is 2. The standard InChI is InChI=1S/C20H25N3O3S/c1-15-4-9-19(14-16(15)2)27(25,26)21-18-7-5-17(6-8-18)20(24)23-12-10-22(3)11-13-23/h4-9,14,21H,10-13H2,1-3H3. The molecule has 3 rings (SSSR count). The number of benzene rings is 2. The first-order valence-corrected chi connectivity index (χ1v) is 10.4. The number of rotatable bonds is 4. The van der Waals surface area contributed by atoms with Gasteiger partial charge in [0.2, 0.25) is 0 Å². The number of nitrogens with one attached hydrogen (secondary N) is 1. The lowest BCUT2D eigenvalue weighted by atomic mass is 10.1. The van der Waals surface area contributed by atoms with Gasteiger partial charge in [-0.15, -0.1) is 0 Å². The fraction of sp³-hybridized carbons (Fsp3) is 0.350. The number of hydrogen-bond donors (Lipinski definition) is 1. The lowest BCUT2D eigenvalue weighted by molar-refractivity contribution is 0.0664. The third kappa shape index (κ3) is 4.48. The quantitative estimate of drug-likeness (QED) is 0.875. The van der Waals surface area contributed by atoms with Gasteiger partial charge in [-0.3, -0.25) is 9.52 Å². The number of amides is 1. The molecule has 0 bridgehead atoms. The van der Waals surface area contributed by atoms with Crippen LogP contribution in [-0.4, -0.2) is 57.4 Å². The second-order valence-electron chi connectivity index (χ2n) is 7.02. The van der Waals surface area contributed by atoms with E-state index in [2.05, 4.69) is 9.62 Å². The van der Waals surface area contributed by atoms with E-state index in [0.717, 1.165) is 24.2 Å². The molecule has 144 valence electrons. The molecule has 1 N–H and O–H groups in total. The summed E-state index contributed by atoms with van der Waals surface area (Å²) < 4.78 is 27.7. The summed E-state index contributed by atoms with van der Waals surface area (Å²) in [4.78, 5) is 16.8. The number of hydrogen-bond acceptors (Lipinski definition) is 4. The number of piperazine rings is 1. The maximum Gasteiger partial charge on any atom is 0.261 e. The normalized spacial score (nSPS) is 15.6. The van der Waals surface area contributed by atoms with Gasteiger partial charge in [0, 0.05) is 37.4 Å². The summed E-state index contributed by atoms with van der Waals surface area (Å²) in [6.45, 7) is 6.95. The zero-order chi connectivity index (χ0) is 19.6. The molecule has 7 heteroatoms. The zero-order valence-corrected chi connectivity index (χ0v) is 16.7. The van der Waals surface area contributed by atoms with Crippen LogP contribution in [0.1, 0.15) is 21.5 Å². The van der Waals surface area contributed by atoms with Crippen LogP contribution in [0.25, 0.3) is 0 Å². The Bertz CT molecular complexity index is 931. The predicted octanol–water partition coefficient (Wildman–Crippen LogP) is 2.49. The fourth-order valence-electron chi connectivity index (χ4n) is 2.97. The number of likely N-dealkylation sites (N-methyl/N-ethyl adjacent to an activating group) is 1. The summed E-state index contributed by atoms with van der Waals surface area (Å²) in [6, 6.07) is 11.6. The van der Waals surface area contributed by atoms with Crippen LogP contribution in [0.5, 0.6) is 0 Å². The van der Waals surface area contributed by atoms with Crippen LogP contribution in [0, 0.1) is 13.8 Å². The summed E-state index contributed by atoms with van der Waals surface area (Å²) in [7, 11) is -1.62. The molecular weight excluding hydrogens is 362 g/mol. The Balaban J connectivity index is 1.71. The maximum absolute atomic E-state index is 12.6. The first kappa shape index (κ1) is 19.4. The Labute approximate surface area is 160 Å². The second-order valence-corrected chi connectivity index (χ2v) is 8.71. The minimum atomic E-state index is -3.66. The molecule has 27 heavy (non-hydrogen) atoms. The van der Waals surface area contributed by atoms with Gasteiger partial charge in [0.1, 0.15) is 0 Å². The van der Waals surface area contributed by atoms with Gasteiger partial charge in [-0.2, -0.15) is 0 Å². The Hall–Kier alpha value is -2.38. The van der Waals surface area contributed by atoms with Crippen LogP contribution in [0.15, 0.2) is 47.4 Å². The highest BCUT2D eigenvalue weighted by molar-refractivity contribution is 7.92. The molecule has 1 heterocycles. The van der Waals surface area contributed by atoms with Gasteiger partial charge in [-0.25, -0.2) is 8.42 Å². The number of carbonyl (C=O) groups excluding carboxylic acids is 1. The van der Waals surface area contributed by atoms with Gasteiger partial charge in [-0.1, -0.05) is 6.07 Å². The Kier molecular flexibility index (Phi) is 5.53. The number of nitrogens with zero attached hydrogens (tertiary/aromatic N) is 2. The van der Waals surface area contributed by atoms with Crippen molar-refractivity contribution in [1.29, 1.82) is 0 Å². The topological polar surface area (TPSA) is 69.7 Å². The number of anilines is 1. The molecule has 0 saturated carbocycles. The van der Waals surface area contributed by atoms with Gasteiger partial charge >= 0.3 is 0 Å². The van der Waals surface area contributed by atoms with Crippen molar-refractivity contribution < 1.29 is 13.2 Å². The third-order valence-corrected chi connectivity index (χ3v) is 6.34. The van der Waals surface area contributed by atoms with E-state index in [1.165, 1.54) is 0 Å². The molecular formula is C20H25N3O3S. The van der Waals surface area contributed by atoms with Gasteiger partial charge < -0.3 is 9.80 Å². The summed E-state index contributed by atoms with van der Waals surface area (Å²) in [6.07, 6.45) is 0. The van der Waals surface area contributed by atoms with E-state index < -0.39 is 10.0 Å². The van der Waals surface area contributed by atoms with E-state index in [-0.39, 0.29) is 10.8 Å². The van der Waals surface area contributed by atoms with Crippen LogP contribution in [0.2, 0.25) is 0 Å². The Morgan fingerprint density at radius 3 is 2.15 bits per heavy atom. The lowest BCUT2D eigenvalue weighted by Crippen LogP contribution is -2.47. The minimum absolute atomic E-state index is 0.0216. The van der Waals surface area contributed by atoms with Crippen molar-refractivity contribution in [2.45, 2.75) is 18.7 Å². The Morgan fingerprint density at radius 1 is 0.926 bits per heavy atom. The van der Waals surface area contributed by atoms with Crippen molar-refractivity contribution in [3.8, 4) is 0 Å². The molecule has 0 radical (unpaired) electrons. The van der Waals surface area contributed by atoms with Gasteiger partial charge in [0.15, 0.2) is 0 Å². The van der Waals surface area contributed by atoms with Crippen molar-refractivity contribution in [3.05, 3.63) is 59.2 Å². The van der Waals surface area contributed by atoms with Crippen LogP contribution < -0.4 is 4.72 Å². The molecule has 6 nitrogen and oxygen atoms in total. The molecule has 0 atom stereocenters. The third-order valence-electron chi connectivity index (χ3n) is 4.96. The summed E-state index contributed by atoms with van der Waals surface area (Å²) >= 11 is 0. The summed E-state index contributed by atoms with van der Waals surface area (Å²) in [5.41, 5.74) is 2.96. The fourth-order valence-corrected chi connectivity index (χ4v) is 4.11. The average Bonchev–Trinajstić information content (AvgIpc) is 2.64. The van der Waals surface area contributed by atoms with Crippen LogP contribution in [-0.2, 0) is 10.0 Å². The molecule has 1 saturated heterocycles. The van der Waals surface area contributed by atoms with Gasteiger partial charge in [0.25, 0.3) is 15.9 Å². The molecule has 2 aromatic rings. The molecule has 0 aromatic heterocycles. The summed E-state index contributed by atoms with van der Waals surface area (Å²) in [5.74, 6) is -0.0216. The highest BCUT2D eigenvalue weighted by Gasteiger charge is 2.20. The SMILES string of the molecule is Cc1ccc(S(=O)(=O)Nc2ccc(C(=O)N3CCN(C)CC3)cc2)cc1C. The van der Waals surface area contributed by atoms with E-state index >= 15 is 0 Å². The van der Waals surface area contributed by atoms with Crippen molar-refractivity contribution in [3.63, 3.8) is 0 Å². The molecule has 1 amide bonds. The van der Waals surface area contributed by atoms with Gasteiger partial charge in [0.05, 0.1) is 4.90 Å². The smallest absolute Gasteiger partial charge is 0.261 e. The highest BCUT2D eigenvalue weighted by Crippen LogP contribution is 2.20. The van der Waals surface area contributed by atoms with Crippen molar-refractivity contribution in [1.82, 2.24) is 9.80 Å². The molecule has 1 fully saturated rings. The van der Waals surface area contributed by atoms with Crippen molar-refractivity contribution in [2.24, 2.45) is 0 Å². The first-order chi connectivity index (χ1) is 12.8. The van der Waals surface area contributed by atoms with Crippen molar-refractivity contribution >= 4 is 21.6 Å². The summed E-state index contributed by atoms with van der Waals surface area (Å²) in [5, 5.41) is 0. The van der Waals surface area contributed by atoms with E-state index in [0.29, 0.717) is 24.3 Å². The van der Waals surface area contributed by atoms with E-state index in [4.69, 9.17) is 0 Å². The van der Waals surface area contributed by atoms with Gasteiger partial charge in [-0.05, 0) is 68.4 Å². The maximum atomic E-state index is 12.6. The first-order valence-electron chi connectivity index (χ1n) is 8.94. The Morgan fingerprint density at radius 2 is 1.56 bits per heavy atom. The van der Waals surface area contributed by atoms with Crippen LogP contribution in [0.3, 0.4) is 0 Å². The van der Waals surface area contributed by atoms with Crippen molar-refractivity contribution in [2.75, 3.05) is 37.9 Å². The monoisotopic (exact) mass is 387 g/mol. The molecule has 2 aromatic carbocycles. The minimum Gasteiger partial charge on any atom is -0.336 e. The molecule has 1 aliphatic heterocycles.